The number of thioether (sulfide) groups is 1. The second kappa shape index (κ2) is 7.42. The van der Waals surface area contributed by atoms with E-state index in [4.69, 9.17) is 0 Å². The van der Waals surface area contributed by atoms with E-state index in [9.17, 15) is 9.59 Å². The van der Waals surface area contributed by atoms with E-state index in [2.05, 4.69) is 37.2 Å². The van der Waals surface area contributed by atoms with Crippen LogP contribution in [0.2, 0.25) is 0 Å². The molecule has 2 N–H and O–H groups in total. The molecule has 3 rings (SSSR count). The summed E-state index contributed by atoms with van der Waals surface area (Å²) < 4.78 is 2.17. The first-order valence-corrected chi connectivity index (χ1v) is 9.41. The lowest BCUT2D eigenvalue weighted by Crippen LogP contribution is -2.38. The standard InChI is InChI=1S/C15H24N6O2S/c1-10-5-7-20(8-6-10)14-18-19-15(21(14)11-3-4-11)24-9-12(22)17-13(23)16-2/h10-11H,3-9H2,1-2H3,(H2,16,17,22,23). The van der Waals surface area contributed by atoms with Gasteiger partial charge in [-0.25, -0.2) is 4.79 Å². The van der Waals surface area contributed by atoms with Crippen LogP contribution >= 0.6 is 11.8 Å². The molecule has 0 aromatic carbocycles. The Balaban J connectivity index is 1.66. The highest BCUT2D eigenvalue weighted by atomic mass is 32.2. The summed E-state index contributed by atoms with van der Waals surface area (Å²) in [6, 6.07) is -0.0498. The smallest absolute Gasteiger partial charge is 0.321 e. The number of rotatable bonds is 5. The van der Waals surface area contributed by atoms with E-state index in [1.807, 2.05) is 0 Å². The first-order valence-electron chi connectivity index (χ1n) is 8.42. The van der Waals surface area contributed by atoms with Crippen molar-refractivity contribution in [2.24, 2.45) is 5.92 Å². The van der Waals surface area contributed by atoms with Crippen molar-refractivity contribution in [1.29, 1.82) is 0 Å². The van der Waals surface area contributed by atoms with Gasteiger partial charge in [-0.2, -0.15) is 0 Å². The molecule has 0 atom stereocenters. The van der Waals surface area contributed by atoms with Gasteiger partial charge in [0, 0.05) is 26.2 Å². The molecule has 1 aromatic heterocycles. The molecule has 2 aliphatic rings. The van der Waals surface area contributed by atoms with Crippen molar-refractivity contribution in [3.8, 4) is 0 Å². The Hall–Kier alpha value is -1.77. The Kier molecular flexibility index (Phi) is 5.27. The van der Waals surface area contributed by atoms with Crippen LogP contribution < -0.4 is 15.5 Å². The molecule has 9 heteroatoms. The zero-order valence-corrected chi connectivity index (χ0v) is 14.9. The van der Waals surface area contributed by atoms with E-state index in [0.29, 0.717) is 6.04 Å². The molecule has 1 aromatic rings. The van der Waals surface area contributed by atoms with E-state index >= 15 is 0 Å². The van der Waals surface area contributed by atoms with Gasteiger partial charge in [-0.05, 0) is 31.6 Å². The van der Waals surface area contributed by atoms with Crippen molar-refractivity contribution in [2.75, 3.05) is 30.8 Å². The third kappa shape index (κ3) is 4.00. The SMILES string of the molecule is CNC(=O)NC(=O)CSc1nnc(N2CCC(C)CC2)n1C1CC1. The summed E-state index contributed by atoms with van der Waals surface area (Å²) >= 11 is 1.33. The lowest BCUT2D eigenvalue weighted by Gasteiger charge is -2.31. The molecule has 1 saturated heterocycles. The second-order valence-electron chi connectivity index (χ2n) is 6.47. The minimum atomic E-state index is -0.493. The Bertz CT molecular complexity index is 607. The molecule has 132 valence electrons. The molecule has 1 saturated carbocycles. The van der Waals surface area contributed by atoms with Gasteiger partial charge in [-0.1, -0.05) is 18.7 Å². The number of hydrogen-bond acceptors (Lipinski definition) is 6. The van der Waals surface area contributed by atoms with E-state index in [1.165, 1.54) is 31.7 Å². The van der Waals surface area contributed by atoms with Gasteiger partial charge in [-0.15, -0.1) is 10.2 Å². The van der Waals surface area contributed by atoms with Gasteiger partial charge in [0.15, 0.2) is 5.16 Å². The Morgan fingerprint density at radius 1 is 1.21 bits per heavy atom. The number of nitrogens with zero attached hydrogens (tertiary/aromatic N) is 4. The second-order valence-corrected chi connectivity index (χ2v) is 7.41. The maximum Gasteiger partial charge on any atom is 0.321 e. The fourth-order valence-electron chi connectivity index (χ4n) is 2.80. The third-order valence-electron chi connectivity index (χ3n) is 4.44. The van der Waals surface area contributed by atoms with E-state index in [-0.39, 0.29) is 11.7 Å². The Morgan fingerprint density at radius 2 is 1.92 bits per heavy atom. The minimum Gasteiger partial charge on any atom is -0.341 e. The molecule has 1 aliphatic carbocycles. The van der Waals surface area contributed by atoms with Crippen LogP contribution in [0.1, 0.15) is 38.6 Å². The van der Waals surface area contributed by atoms with E-state index in [0.717, 1.165) is 43.0 Å². The van der Waals surface area contributed by atoms with E-state index < -0.39 is 6.03 Å². The summed E-state index contributed by atoms with van der Waals surface area (Å²) in [5.74, 6) is 1.51. The summed E-state index contributed by atoms with van der Waals surface area (Å²) in [6.07, 6.45) is 4.61. The number of hydrogen-bond donors (Lipinski definition) is 2. The summed E-state index contributed by atoms with van der Waals surface area (Å²) in [4.78, 5) is 25.2. The predicted octanol–water partition coefficient (Wildman–Crippen LogP) is 1.40. The number of urea groups is 1. The van der Waals surface area contributed by atoms with Crippen LogP contribution in [-0.4, -0.2) is 52.6 Å². The highest BCUT2D eigenvalue weighted by Gasteiger charge is 2.32. The summed E-state index contributed by atoms with van der Waals surface area (Å²) in [5, 5.41) is 14.1. The van der Waals surface area contributed by atoms with E-state index in [1.54, 1.807) is 0 Å². The maximum absolute atomic E-state index is 11.8. The van der Waals surface area contributed by atoms with Gasteiger partial charge >= 0.3 is 6.03 Å². The normalized spacial score (nSPS) is 18.5. The molecule has 0 bridgehead atoms. The Labute approximate surface area is 145 Å². The van der Waals surface area contributed by atoms with Crippen LogP contribution in [-0.2, 0) is 4.79 Å². The van der Waals surface area contributed by atoms with Crippen LogP contribution in [0.25, 0.3) is 0 Å². The number of amides is 3. The lowest BCUT2D eigenvalue weighted by atomic mass is 10.00. The summed E-state index contributed by atoms with van der Waals surface area (Å²) in [7, 11) is 1.48. The zero-order valence-electron chi connectivity index (χ0n) is 14.1. The fourth-order valence-corrected chi connectivity index (χ4v) is 3.60. The number of carbonyl (C=O) groups is 2. The quantitative estimate of drug-likeness (QED) is 0.778. The van der Waals surface area contributed by atoms with Crippen molar-refractivity contribution in [3.05, 3.63) is 0 Å². The van der Waals surface area contributed by atoms with Crippen molar-refractivity contribution in [2.45, 2.75) is 43.8 Å². The topological polar surface area (TPSA) is 92.2 Å². The number of nitrogens with one attached hydrogen (secondary N) is 2. The molecule has 2 fully saturated rings. The van der Waals surface area contributed by atoms with Crippen molar-refractivity contribution in [1.82, 2.24) is 25.4 Å². The highest BCUT2D eigenvalue weighted by molar-refractivity contribution is 7.99. The van der Waals surface area contributed by atoms with Crippen LogP contribution in [0.15, 0.2) is 5.16 Å². The monoisotopic (exact) mass is 352 g/mol. The van der Waals surface area contributed by atoms with Gasteiger partial charge in [0.2, 0.25) is 11.9 Å². The van der Waals surface area contributed by atoms with Crippen LogP contribution in [0, 0.1) is 5.92 Å². The average Bonchev–Trinajstić information content (AvgIpc) is 3.33. The molecule has 0 spiro atoms. The van der Waals surface area contributed by atoms with Gasteiger partial charge in [0.05, 0.1) is 5.75 Å². The number of piperidine rings is 1. The molecule has 1 aliphatic heterocycles. The van der Waals surface area contributed by atoms with Gasteiger partial charge in [-0.3, -0.25) is 14.7 Å². The van der Waals surface area contributed by atoms with Crippen LogP contribution in [0.3, 0.4) is 0 Å². The molecule has 0 unspecified atom stereocenters. The number of aromatic nitrogens is 3. The summed E-state index contributed by atoms with van der Waals surface area (Å²) in [5.41, 5.74) is 0. The van der Waals surface area contributed by atoms with Gasteiger partial charge in [0.25, 0.3) is 0 Å². The van der Waals surface area contributed by atoms with Crippen LogP contribution in [0.4, 0.5) is 10.7 Å². The number of anilines is 1. The maximum atomic E-state index is 11.8. The molecule has 24 heavy (non-hydrogen) atoms. The lowest BCUT2D eigenvalue weighted by molar-refractivity contribution is -0.117. The van der Waals surface area contributed by atoms with Crippen LogP contribution in [0.5, 0.6) is 0 Å². The van der Waals surface area contributed by atoms with Gasteiger partial charge < -0.3 is 10.2 Å². The summed E-state index contributed by atoms with van der Waals surface area (Å²) in [6.45, 7) is 4.30. The number of imide groups is 1. The first kappa shape index (κ1) is 17.1. The predicted molar refractivity (Wildman–Crippen MR) is 92.2 cm³/mol. The third-order valence-corrected chi connectivity index (χ3v) is 5.38. The first-order chi connectivity index (χ1) is 11.6. The molecule has 8 nitrogen and oxygen atoms in total. The largest absolute Gasteiger partial charge is 0.341 e. The van der Waals surface area contributed by atoms with Crippen molar-refractivity contribution >= 4 is 29.6 Å². The molecular formula is C15H24N6O2S. The molecule has 3 amide bonds. The Morgan fingerprint density at radius 3 is 2.54 bits per heavy atom. The number of carbonyl (C=O) groups excluding carboxylic acids is 2. The molecular weight excluding hydrogens is 328 g/mol. The van der Waals surface area contributed by atoms with Crippen molar-refractivity contribution < 1.29 is 9.59 Å². The van der Waals surface area contributed by atoms with Gasteiger partial charge in [0.1, 0.15) is 0 Å². The molecule has 2 heterocycles. The van der Waals surface area contributed by atoms with Crippen molar-refractivity contribution in [3.63, 3.8) is 0 Å². The zero-order chi connectivity index (χ0) is 17.1. The highest BCUT2D eigenvalue weighted by Crippen LogP contribution is 2.41. The minimum absolute atomic E-state index is 0.148. The average molecular weight is 352 g/mol. The molecule has 0 radical (unpaired) electrons. The fraction of sp³-hybridized carbons (Fsp3) is 0.733.